The van der Waals surface area contributed by atoms with Crippen LogP contribution in [-0.4, -0.2) is 27.6 Å². The summed E-state index contributed by atoms with van der Waals surface area (Å²) in [6.07, 6.45) is 4.15. The molecular weight excluding hydrogens is 929 g/mol. The maximum atomic E-state index is 8.75. The van der Waals surface area contributed by atoms with Gasteiger partial charge in [-0.05, 0) is 69.0 Å². The number of aromatic nitrogens is 4. The predicted octanol–water partition coefficient (Wildman–Crippen LogP) is 13.4. The van der Waals surface area contributed by atoms with E-state index < -0.39 is 19.9 Å². The largest absolute Gasteiger partial charge is 0.501 e. The van der Waals surface area contributed by atoms with Crippen molar-refractivity contribution in [3.63, 3.8) is 0 Å². The third-order valence-corrected chi connectivity index (χ3v) is 12.4. The number of pyridine rings is 2. The maximum absolute atomic E-state index is 8.75. The van der Waals surface area contributed by atoms with Crippen molar-refractivity contribution in [2.75, 3.05) is 0 Å². The number of hydrogen-bond acceptors (Lipinski definition) is 4. The average Bonchev–Trinajstić information content (AvgIpc) is 3.82. The summed E-state index contributed by atoms with van der Waals surface area (Å²) in [5.41, 5.74) is 10.9. The monoisotopic (exact) mass is 983 g/mol. The van der Waals surface area contributed by atoms with Crippen molar-refractivity contribution in [1.82, 2.24) is 19.5 Å². The Balaban J connectivity index is 0.000000208. The predicted molar refractivity (Wildman–Crippen MR) is 249 cm³/mol. The maximum Gasteiger partial charge on any atom is 0.120 e. The third-order valence-electron chi connectivity index (χ3n) is 10.4. The molecule has 5 nitrogen and oxygen atoms in total. The van der Waals surface area contributed by atoms with Crippen molar-refractivity contribution in [2.45, 2.75) is 73.0 Å². The van der Waals surface area contributed by atoms with Crippen molar-refractivity contribution < 1.29 is 27.3 Å². The second-order valence-corrected chi connectivity index (χ2v) is 23.2. The summed E-state index contributed by atoms with van der Waals surface area (Å²) in [6.45, 7) is 19.3. The first-order chi connectivity index (χ1) is 28.9. The van der Waals surface area contributed by atoms with Crippen LogP contribution in [0, 0.1) is 17.5 Å². The van der Waals surface area contributed by atoms with E-state index in [0.29, 0.717) is 0 Å². The molecule has 0 fully saturated rings. The number of fused-ring (bicyclic) bond motifs is 4. The molecule has 0 saturated heterocycles. The summed E-state index contributed by atoms with van der Waals surface area (Å²) in [5, 5.41) is 3.24. The molecule has 0 bridgehead atoms. The SMILES string of the molecule is CC(C)(C)c1cc(-c2ccccc2)ccc1-n1c(-c2[c-]ccc3c2oc2ccccc23)nc2ccncc21.[2H]C([2H])(c1cc(-c2[c-]cccc2)ncc1[Si](C)(C)C)C(C)(C)C.[Ir]. The summed E-state index contributed by atoms with van der Waals surface area (Å²) in [7, 11) is -1.70. The molecule has 0 amide bonds. The molecule has 9 rings (SSSR count). The van der Waals surface area contributed by atoms with Gasteiger partial charge >= 0.3 is 0 Å². The minimum atomic E-state index is -1.70. The Labute approximate surface area is 372 Å². The Morgan fingerprint density at radius 3 is 2.22 bits per heavy atom. The van der Waals surface area contributed by atoms with Gasteiger partial charge in [-0.2, -0.15) is 0 Å². The van der Waals surface area contributed by atoms with E-state index in [1.165, 1.54) is 16.7 Å². The van der Waals surface area contributed by atoms with Gasteiger partial charge in [0.2, 0.25) is 0 Å². The molecule has 0 saturated carbocycles. The standard InChI is InChI=1S/C34H26N3O.C19H26NSi.Ir/c1-34(2,3)27-20-23(22-10-5-4-6-11-22)16-17-29(27)37-30-21-35-19-18-28(30)36-33(37)26-14-9-13-25-24-12-7-8-15-31(24)38-32(25)26;1-19(2,3)13-16-12-17(15-10-8-7-9-11-15)20-14-18(16)21(4,5)6;/h4-13,15-21H,1-3H3;7-10,12,14H,13H2,1-6H3;/q2*-1;/i;13D2;. The number of benzene rings is 5. The molecule has 0 unspecified atom stereocenters. The fourth-order valence-electron chi connectivity index (χ4n) is 7.59. The zero-order valence-electron chi connectivity index (χ0n) is 37.8. The van der Waals surface area contributed by atoms with E-state index in [1.54, 1.807) is 6.20 Å². The fraction of sp³-hybridized carbons (Fsp3) is 0.226. The van der Waals surface area contributed by atoms with Crippen LogP contribution in [0.5, 0.6) is 0 Å². The number of furan rings is 1. The van der Waals surface area contributed by atoms with Gasteiger partial charge in [0.05, 0.1) is 36.7 Å². The summed E-state index contributed by atoms with van der Waals surface area (Å²) in [6, 6.07) is 47.6. The van der Waals surface area contributed by atoms with Crippen molar-refractivity contribution in [3.05, 3.63) is 163 Å². The van der Waals surface area contributed by atoms with Crippen LogP contribution in [0.2, 0.25) is 19.6 Å². The minimum Gasteiger partial charge on any atom is -0.501 e. The van der Waals surface area contributed by atoms with Crippen molar-refractivity contribution in [1.29, 1.82) is 0 Å². The quantitative estimate of drug-likeness (QED) is 0.123. The Kier molecular flexibility index (Phi) is 11.3. The van der Waals surface area contributed by atoms with Crippen molar-refractivity contribution in [3.8, 4) is 39.5 Å². The molecule has 60 heavy (non-hydrogen) atoms. The molecule has 305 valence electrons. The molecule has 1 radical (unpaired) electrons. The van der Waals surface area contributed by atoms with Crippen LogP contribution in [0.3, 0.4) is 0 Å². The molecule has 0 aliphatic heterocycles. The zero-order chi connectivity index (χ0) is 43.3. The number of nitrogens with zero attached hydrogens (tertiary/aromatic N) is 4. The molecular formula is C53H52IrN4OSi-2. The van der Waals surface area contributed by atoms with Gasteiger partial charge in [0.1, 0.15) is 5.58 Å². The molecule has 9 aromatic rings. The third kappa shape index (κ3) is 8.85. The summed E-state index contributed by atoms with van der Waals surface area (Å²) in [5.74, 6) is 0.788. The van der Waals surface area contributed by atoms with E-state index in [9.17, 15) is 0 Å². The molecule has 4 aromatic heterocycles. The average molecular weight is 983 g/mol. The molecule has 0 aliphatic carbocycles. The second kappa shape index (κ2) is 16.9. The van der Waals surface area contributed by atoms with Crippen molar-refractivity contribution in [2.24, 2.45) is 5.41 Å². The Hall–Kier alpha value is -5.46. The smallest absolute Gasteiger partial charge is 0.120 e. The Bertz CT molecular complexity index is 3010. The Morgan fingerprint density at radius 2 is 1.50 bits per heavy atom. The fourth-order valence-corrected chi connectivity index (χ4v) is 8.99. The van der Waals surface area contributed by atoms with Gasteiger partial charge in [-0.15, -0.1) is 54.1 Å². The first-order valence-corrected chi connectivity index (χ1v) is 23.8. The first-order valence-electron chi connectivity index (χ1n) is 21.3. The number of rotatable bonds is 6. The van der Waals surface area contributed by atoms with E-state index in [4.69, 9.17) is 12.1 Å². The number of hydrogen-bond donors (Lipinski definition) is 0. The van der Waals surface area contributed by atoms with Crippen LogP contribution in [0.25, 0.3) is 72.4 Å². The molecule has 4 heterocycles. The molecule has 5 aromatic carbocycles. The van der Waals surface area contributed by atoms with Crippen LogP contribution < -0.4 is 5.19 Å². The summed E-state index contributed by atoms with van der Waals surface area (Å²) < 4.78 is 26.1. The van der Waals surface area contributed by atoms with Crippen LogP contribution in [0.1, 0.15) is 55.4 Å². The van der Waals surface area contributed by atoms with Crippen molar-refractivity contribution >= 4 is 46.2 Å². The number of imidazole rings is 1. The van der Waals surface area contributed by atoms with Gasteiger partial charge in [0.25, 0.3) is 0 Å². The van der Waals surface area contributed by atoms with Crippen LogP contribution in [-0.2, 0) is 31.9 Å². The van der Waals surface area contributed by atoms with Gasteiger partial charge in [0, 0.05) is 46.3 Å². The van der Waals surface area contributed by atoms with Gasteiger partial charge < -0.3 is 14.0 Å². The van der Waals surface area contributed by atoms with E-state index in [1.807, 2.05) is 93.8 Å². The topological polar surface area (TPSA) is 56.7 Å². The molecule has 0 atom stereocenters. The van der Waals surface area contributed by atoms with E-state index in [-0.39, 0.29) is 25.5 Å². The normalized spacial score (nSPS) is 12.8. The molecule has 7 heteroatoms. The van der Waals surface area contributed by atoms with Gasteiger partial charge in [-0.3, -0.25) is 9.97 Å². The van der Waals surface area contributed by atoms with E-state index in [2.05, 4.69) is 128 Å². The first kappa shape index (κ1) is 40.0. The van der Waals surface area contributed by atoms with E-state index in [0.717, 1.165) is 72.1 Å². The zero-order valence-corrected chi connectivity index (χ0v) is 39.2. The Morgan fingerprint density at radius 1 is 0.750 bits per heavy atom. The van der Waals surface area contributed by atoms with Gasteiger partial charge in [-0.1, -0.05) is 138 Å². The summed E-state index contributed by atoms with van der Waals surface area (Å²) >= 11 is 0. The summed E-state index contributed by atoms with van der Waals surface area (Å²) in [4.78, 5) is 14.2. The van der Waals surface area contributed by atoms with Crippen LogP contribution >= 0.6 is 0 Å². The van der Waals surface area contributed by atoms with E-state index >= 15 is 0 Å². The van der Waals surface area contributed by atoms with Crippen LogP contribution in [0.4, 0.5) is 0 Å². The molecule has 0 N–H and O–H groups in total. The molecule has 0 aliphatic rings. The van der Waals surface area contributed by atoms with Crippen LogP contribution in [0.15, 0.2) is 144 Å². The number of para-hydroxylation sites is 1. The van der Waals surface area contributed by atoms with Gasteiger partial charge in [0.15, 0.2) is 0 Å². The second-order valence-electron chi connectivity index (χ2n) is 18.2. The minimum absolute atomic E-state index is 0. The molecule has 0 spiro atoms. The van der Waals surface area contributed by atoms with Gasteiger partial charge in [-0.25, -0.2) is 0 Å².